The molecule has 6 heteroatoms. The first kappa shape index (κ1) is 20.3. The Morgan fingerprint density at radius 1 is 1.15 bits per heavy atom. The lowest BCUT2D eigenvalue weighted by molar-refractivity contribution is 0.118. The van der Waals surface area contributed by atoms with Gasteiger partial charge in [-0.2, -0.15) is 5.10 Å². The Hall–Kier alpha value is -1.40. The second-order valence-electron chi connectivity index (χ2n) is 7.72. The summed E-state index contributed by atoms with van der Waals surface area (Å²) in [6.45, 7) is 13.8. The molecule has 1 atom stereocenters. The number of piperazine rings is 1. The molecule has 1 N–H and O–H groups in total. The zero-order chi connectivity index (χ0) is 19.4. The summed E-state index contributed by atoms with van der Waals surface area (Å²) in [4.78, 5) is 4.98. The molecule has 0 spiro atoms. The molecule has 1 unspecified atom stereocenters. The monoisotopic (exact) mass is 389 g/mol. The number of rotatable bonds is 7. The number of aryl methyl sites for hydroxylation is 1. The molecule has 1 fully saturated rings. The highest BCUT2D eigenvalue weighted by molar-refractivity contribution is 6.31. The van der Waals surface area contributed by atoms with Gasteiger partial charge in [0.05, 0.1) is 12.2 Å². The Kier molecular flexibility index (Phi) is 6.93. The Balaban J connectivity index is 1.56. The van der Waals surface area contributed by atoms with Crippen molar-refractivity contribution in [3.05, 3.63) is 51.8 Å². The van der Waals surface area contributed by atoms with E-state index in [1.807, 2.05) is 18.2 Å². The number of likely N-dealkylation sites (N-methyl/N-ethyl adjacent to an activating group) is 1. The highest BCUT2D eigenvalue weighted by Crippen LogP contribution is 2.19. The predicted molar refractivity (Wildman–Crippen MR) is 112 cm³/mol. The molecule has 2 heterocycles. The molecule has 27 heavy (non-hydrogen) atoms. The third-order valence-corrected chi connectivity index (χ3v) is 6.08. The largest absolute Gasteiger partial charge is 0.311 e. The summed E-state index contributed by atoms with van der Waals surface area (Å²) < 4.78 is 2.07. The van der Waals surface area contributed by atoms with Crippen LogP contribution in [0.3, 0.4) is 0 Å². The first-order valence-electron chi connectivity index (χ1n) is 9.85. The van der Waals surface area contributed by atoms with Gasteiger partial charge in [-0.05, 0) is 39.4 Å². The van der Waals surface area contributed by atoms with Gasteiger partial charge in [-0.1, -0.05) is 29.8 Å². The van der Waals surface area contributed by atoms with Crippen molar-refractivity contribution in [3.63, 3.8) is 0 Å². The lowest BCUT2D eigenvalue weighted by atomic mass is 10.1. The van der Waals surface area contributed by atoms with E-state index in [2.05, 4.69) is 53.7 Å². The van der Waals surface area contributed by atoms with Crippen LogP contribution in [0.2, 0.25) is 5.02 Å². The van der Waals surface area contributed by atoms with Gasteiger partial charge >= 0.3 is 0 Å². The van der Waals surface area contributed by atoms with Gasteiger partial charge in [0, 0.05) is 61.6 Å². The topological polar surface area (TPSA) is 36.3 Å². The molecular weight excluding hydrogens is 358 g/mol. The van der Waals surface area contributed by atoms with E-state index in [4.69, 9.17) is 16.7 Å². The van der Waals surface area contributed by atoms with Gasteiger partial charge in [0.15, 0.2) is 0 Å². The fraction of sp³-hybridized carbons (Fsp3) is 0.571. The van der Waals surface area contributed by atoms with Crippen molar-refractivity contribution < 1.29 is 0 Å². The van der Waals surface area contributed by atoms with E-state index < -0.39 is 0 Å². The Morgan fingerprint density at radius 2 is 1.85 bits per heavy atom. The van der Waals surface area contributed by atoms with Crippen molar-refractivity contribution in [1.29, 1.82) is 0 Å². The third kappa shape index (κ3) is 5.11. The first-order chi connectivity index (χ1) is 13.0. The van der Waals surface area contributed by atoms with Crippen molar-refractivity contribution >= 4 is 11.6 Å². The van der Waals surface area contributed by atoms with Gasteiger partial charge < -0.3 is 10.2 Å². The predicted octanol–water partition coefficient (Wildman–Crippen LogP) is 2.93. The van der Waals surface area contributed by atoms with Crippen LogP contribution in [0.1, 0.15) is 29.4 Å². The molecule has 0 aliphatic carbocycles. The first-order valence-corrected chi connectivity index (χ1v) is 10.2. The van der Waals surface area contributed by atoms with Crippen LogP contribution in [0.15, 0.2) is 24.3 Å². The maximum Gasteiger partial charge on any atom is 0.0677 e. The lowest BCUT2D eigenvalue weighted by Crippen LogP contribution is -2.50. The summed E-state index contributed by atoms with van der Waals surface area (Å²) in [6.07, 6.45) is 0. The van der Waals surface area contributed by atoms with E-state index in [9.17, 15) is 0 Å². The SMILES string of the molecule is Cc1nn(Cc2ccccc2Cl)c(C)c1CNCC(C)N1CCN(C)CC1. The summed E-state index contributed by atoms with van der Waals surface area (Å²) in [5.74, 6) is 0. The van der Waals surface area contributed by atoms with E-state index in [0.29, 0.717) is 12.6 Å². The van der Waals surface area contributed by atoms with Gasteiger partial charge in [-0.15, -0.1) is 0 Å². The van der Waals surface area contributed by atoms with E-state index in [-0.39, 0.29) is 0 Å². The highest BCUT2D eigenvalue weighted by atomic mass is 35.5. The quantitative estimate of drug-likeness (QED) is 0.789. The van der Waals surface area contributed by atoms with E-state index >= 15 is 0 Å². The van der Waals surface area contributed by atoms with Crippen LogP contribution >= 0.6 is 11.6 Å². The van der Waals surface area contributed by atoms with Crippen molar-refractivity contribution in [2.45, 2.75) is 39.9 Å². The van der Waals surface area contributed by atoms with Gasteiger partial charge in [-0.3, -0.25) is 9.58 Å². The lowest BCUT2D eigenvalue weighted by Gasteiger charge is -2.36. The summed E-state index contributed by atoms with van der Waals surface area (Å²) in [6, 6.07) is 8.54. The third-order valence-electron chi connectivity index (χ3n) is 5.71. The molecule has 0 bridgehead atoms. The molecule has 1 aromatic heterocycles. The van der Waals surface area contributed by atoms with E-state index in [0.717, 1.165) is 55.5 Å². The van der Waals surface area contributed by atoms with Crippen LogP contribution in [0.4, 0.5) is 0 Å². The van der Waals surface area contributed by atoms with Gasteiger partial charge in [0.2, 0.25) is 0 Å². The van der Waals surface area contributed by atoms with Crippen LogP contribution in [-0.2, 0) is 13.1 Å². The smallest absolute Gasteiger partial charge is 0.0677 e. The van der Waals surface area contributed by atoms with Crippen LogP contribution in [0.5, 0.6) is 0 Å². The molecule has 1 aromatic carbocycles. The van der Waals surface area contributed by atoms with Crippen LogP contribution in [0, 0.1) is 13.8 Å². The van der Waals surface area contributed by atoms with Crippen LogP contribution in [0.25, 0.3) is 0 Å². The fourth-order valence-corrected chi connectivity index (χ4v) is 3.93. The molecule has 0 amide bonds. The van der Waals surface area contributed by atoms with Crippen molar-refractivity contribution in [2.75, 3.05) is 39.8 Å². The number of hydrogen-bond donors (Lipinski definition) is 1. The zero-order valence-corrected chi connectivity index (χ0v) is 17.8. The van der Waals surface area contributed by atoms with Crippen LogP contribution < -0.4 is 5.32 Å². The number of nitrogens with zero attached hydrogens (tertiary/aromatic N) is 4. The van der Waals surface area contributed by atoms with Gasteiger partial charge in [0.1, 0.15) is 0 Å². The molecule has 0 saturated carbocycles. The number of halogens is 1. The van der Waals surface area contributed by atoms with Gasteiger partial charge in [0.25, 0.3) is 0 Å². The van der Waals surface area contributed by atoms with Gasteiger partial charge in [-0.25, -0.2) is 0 Å². The number of benzene rings is 1. The second-order valence-corrected chi connectivity index (χ2v) is 8.12. The number of aromatic nitrogens is 2. The highest BCUT2D eigenvalue weighted by Gasteiger charge is 2.19. The molecule has 1 aliphatic rings. The molecular formula is C21H32ClN5. The van der Waals surface area contributed by atoms with E-state index in [1.54, 1.807) is 0 Å². The average Bonchev–Trinajstić information content (AvgIpc) is 2.91. The minimum Gasteiger partial charge on any atom is -0.311 e. The zero-order valence-electron chi connectivity index (χ0n) is 17.0. The Morgan fingerprint density at radius 3 is 2.56 bits per heavy atom. The standard InChI is InChI=1S/C21H32ClN5/c1-16(26-11-9-25(4)10-12-26)13-23-14-20-17(2)24-27(18(20)3)15-19-7-5-6-8-21(19)22/h5-8,16,23H,9-15H2,1-4H3. The Labute approximate surface area is 168 Å². The second kappa shape index (κ2) is 9.20. The minimum atomic E-state index is 0.553. The average molecular weight is 390 g/mol. The minimum absolute atomic E-state index is 0.553. The fourth-order valence-electron chi connectivity index (χ4n) is 3.73. The molecule has 1 aliphatic heterocycles. The normalized spacial score (nSPS) is 17.4. The van der Waals surface area contributed by atoms with Crippen LogP contribution in [-0.4, -0.2) is 65.4 Å². The summed E-state index contributed by atoms with van der Waals surface area (Å²) >= 11 is 6.31. The molecule has 3 rings (SSSR count). The van der Waals surface area contributed by atoms with Crippen molar-refractivity contribution in [1.82, 2.24) is 24.9 Å². The maximum absolute atomic E-state index is 6.31. The van der Waals surface area contributed by atoms with Crippen molar-refractivity contribution in [3.8, 4) is 0 Å². The molecule has 0 radical (unpaired) electrons. The molecule has 5 nitrogen and oxygen atoms in total. The summed E-state index contributed by atoms with van der Waals surface area (Å²) in [7, 11) is 2.20. The summed E-state index contributed by atoms with van der Waals surface area (Å²) in [5, 5.41) is 9.19. The van der Waals surface area contributed by atoms with E-state index in [1.165, 1.54) is 11.3 Å². The Bertz CT molecular complexity index is 749. The van der Waals surface area contributed by atoms with Crippen molar-refractivity contribution in [2.24, 2.45) is 0 Å². The molecule has 1 saturated heterocycles. The maximum atomic E-state index is 6.31. The number of hydrogen-bond acceptors (Lipinski definition) is 4. The number of nitrogens with one attached hydrogen (secondary N) is 1. The molecule has 2 aromatic rings. The summed E-state index contributed by atoms with van der Waals surface area (Å²) in [5.41, 5.74) is 4.71. The molecule has 148 valence electrons.